The van der Waals surface area contributed by atoms with Crippen molar-refractivity contribution >= 4 is 5.97 Å². The molecule has 1 rings (SSSR count). The first-order chi connectivity index (χ1) is 16.3. The van der Waals surface area contributed by atoms with Gasteiger partial charge in [-0.3, -0.25) is 4.79 Å². The van der Waals surface area contributed by atoms with E-state index < -0.39 is 0 Å². The van der Waals surface area contributed by atoms with E-state index in [1.54, 1.807) is 0 Å². The van der Waals surface area contributed by atoms with E-state index in [0.717, 1.165) is 38.3 Å². The Labute approximate surface area is 204 Å². The molecular weight excluding hydrogens is 410 g/mol. The van der Waals surface area contributed by atoms with Gasteiger partial charge in [0.1, 0.15) is 5.75 Å². The molecule has 0 bridgehead atoms. The number of benzene rings is 1. The predicted octanol–water partition coefficient (Wildman–Crippen LogP) is 7.98. The molecule has 0 atom stereocenters. The van der Waals surface area contributed by atoms with E-state index >= 15 is 0 Å². The van der Waals surface area contributed by atoms with Crippen LogP contribution in [0.1, 0.15) is 122 Å². The lowest BCUT2D eigenvalue weighted by atomic mass is 10.0. The highest BCUT2D eigenvalue weighted by atomic mass is 16.5. The van der Waals surface area contributed by atoms with Crippen LogP contribution in [0.4, 0.5) is 0 Å². The van der Waals surface area contributed by atoms with Crippen molar-refractivity contribution in [2.45, 2.75) is 123 Å². The third kappa shape index (κ3) is 18.6. The molecule has 0 aliphatic carbocycles. The van der Waals surface area contributed by atoms with Crippen molar-refractivity contribution in [2.75, 3.05) is 19.8 Å². The lowest BCUT2D eigenvalue weighted by molar-refractivity contribution is -0.143. The van der Waals surface area contributed by atoms with Crippen LogP contribution in [0.5, 0.6) is 5.75 Å². The molecule has 0 unspecified atom stereocenters. The van der Waals surface area contributed by atoms with Gasteiger partial charge in [0, 0.05) is 13.0 Å². The number of hydrogen-bond donors (Lipinski definition) is 1. The first-order valence-corrected chi connectivity index (χ1v) is 13.8. The SMILES string of the molecule is CCCCCCCCCCCCCCCCOc1ccc(CNCCCC(=O)OCC)cc1. The van der Waals surface area contributed by atoms with Crippen LogP contribution in [0.2, 0.25) is 0 Å². The van der Waals surface area contributed by atoms with E-state index in [0.29, 0.717) is 13.0 Å². The Hall–Kier alpha value is -1.55. The minimum absolute atomic E-state index is 0.111. The average Bonchev–Trinajstić information content (AvgIpc) is 2.82. The largest absolute Gasteiger partial charge is 0.494 e. The van der Waals surface area contributed by atoms with E-state index in [4.69, 9.17) is 9.47 Å². The van der Waals surface area contributed by atoms with Gasteiger partial charge < -0.3 is 14.8 Å². The molecule has 0 radical (unpaired) electrons. The quantitative estimate of drug-likeness (QED) is 0.132. The second-order valence-electron chi connectivity index (χ2n) is 9.17. The number of carbonyl (C=O) groups excluding carboxylic acids is 1. The zero-order chi connectivity index (χ0) is 23.8. The molecule has 0 aliphatic heterocycles. The van der Waals surface area contributed by atoms with Gasteiger partial charge in [-0.1, -0.05) is 103 Å². The number of unbranched alkanes of at least 4 members (excludes halogenated alkanes) is 13. The van der Waals surface area contributed by atoms with E-state index in [1.165, 1.54) is 89.0 Å². The molecule has 4 heteroatoms. The van der Waals surface area contributed by atoms with Crippen LogP contribution >= 0.6 is 0 Å². The summed E-state index contributed by atoms with van der Waals surface area (Å²) in [5.41, 5.74) is 1.23. The van der Waals surface area contributed by atoms with Crippen molar-refractivity contribution in [2.24, 2.45) is 0 Å². The minimum Gasteiger partial charge on any atom is -0.494 e. The Kier molecular flexibility index (Phi) is 19.9. The fraction of sp³-hybridized carbons (Fsp3) is 0.759. The molecule has 1 aromatic carbocycles. The second-order valence-corrected chi connectivity index (χ2v) is 9.17. The van der Waals surface area contributed by atoms with Crippen LogP contribution in [-0.4, -0.2) is 25.7 Å². The standard InChI is InChI=1S/C29H51NO3/c1-3-5-6-7-8-9-10-11-12-13-14-15-16-17-25-33-28-22-20-27(21-23-28)26-30-24-18-19-29(31)32-4-2/h20-23,30H,3-19,24-26H2,1-2H3. The molecule has 0 aromatic heterocycles. The first-order valence-electron chi connectivity index (χ1n) is 13.8. The number of rotatable bonds is 23. The molecule has 33 heavy (non-hydrogen) atoms. The summed E-state index contributed by atoms with van der Waals surface area (Å²) in [7, 11) is 0. The van der Waals surface area contributed by atoms with E-state index in [2.05, 4.69) is 36.5 Å². The molecular formula is C29H51NO3. The summed E-state index contributed by atoms with van der Waals surface area (Å²) in [6, 6.07) is 8.33. The smallest absolute Gasteiger partial charge is 0.305 e. The number of esters is 1. The highest BCUT2D eigenvalue weighted by molar-refractivity contribution is 5.69. The fourth-order valence-corrected chi connectivity index (χ4v) is 4.01. The molecule has 1 aromatic rings. The van der Waals surface area contributed by atoms with Crippen LogP contribution in [0.3, 0.4) is 0 Å². The van der Waals surface area contributed by atoms with Crippen LogP contribution in [0.15, 0.2) is 24.3 Å². The number of ether oxygens (including phenoxy) is 2. The van der Waals surface area contributed by atoms with E-state index in [-0.39, 0.29) is 5.97 Å². The summed E-state index contributed by atoms with van der Waals surface area (Å²) in [5.74, 6) is 0.843. The number of nitrogens with one attached hydrogen (secondary N) is 1. The molecule has 0 spiro atoms. The van der Waals surface area contributed by atoms with Gasteiger partial charge in [0.05, 0.1) is 13.2 Å². The number of carbonyl (C=O) groups is 1. The predicted molar refractivity (Wildman–Crippen MR) is 140 cm³/mol. The highest BCUT2D eigenvalue weighted by Gasteiger charge is 2.01. The molecule has 0 saturated carbocycles. The van der Waals surface area contributed by atoms with Gasteiger partial charge in [-0.15, -0.1) is 0 Å². The molecule has 0 fully saturated rings. The van der Waals surface area contributed by atoms with E-state index in [9.17, 15) is 4.79 Å². The van der Waals surface area contributed by atoms with Gasteiger partial charge in [0.2, 0.25) is 0 Å². The Balaban J connectivity index is 1.89. The molecule has 0 heterocycles. The molecule has 1 N–H and O–H groups in total. The van der Waals surface area contributed by atoms with Gasteiger partial charge in [-0.2, -0.15) is 0 Å². The van der Waals surface area contributed by atoms with Crippen LogP contribution in [0, 0.1) is 0 Å². The molecule has 0 amide bonds. The minimum atomic E-state index is -0.111. The molecule has 0 saturated heterocycles. The van der Waals surface area contributed by atoms with Crippen molar-refractivity contribution in [3.05, 3.63) is 29.8 Å². The normalized spacial score (nSPS) is 11.0. The van der Waals surface area contributed by atoms with Gasteiger partial charge in [-0.25, -0.2) is 0 Å². The zero-order valence-electron chi connectivity index (χ0n) is 21.7. The summed E-state index contributed by atoms with van der Waals surface area (Å²) in [4.78, 5) is 11.3. The first kappa shape index (κ1) is 29.5. The van der Waals surface area contributed by atoms with Gasteiger partial charge in [-0.05, 0) is 44.0 Å². The Bertz CT molecular complexity index is 558. The third-order valence-electron chi connectivity index (χ3n) is 6.06. The van der Waals surface area contributed by atoms with Crippen molar-refractivity contribution in [1.29, 1.82) is 0 Å². The maximum absolute atomic E-state index is 11.3. The molecule has 0 aliphatic rings. The van der Waals surface area contributed by atoms with Crippen molar-refractivity contribution in [3.8, 4) is 5.75 Å². The average molecular weight is 462 g/mol. The highest BCUT2D eigenvalue weighted by Crippen LogP contribution is 2.15. The summed E-state index contributed by atoms with van der Waals surface area (Å²) in [6.07, 6.45) is 20.6. The van der Waals surface area contributed by atoms with Crippen LogP contribution in [0.25, 0.3) is 0 Å². The summed E-state index contributed by atoms with van der Waals surface area (Å²) in [6.45, 7) is 7.01. The Morgan fingerprint density at radius 1 is 0.727 bits per heavy atom. The Morgan fingerprint density at radius 3 is 1.82 bits per heavy atom. The summed E-state index contributed by atoms with van der Waals surface area (Å²) in [5, 5.41) is 3.37. The fourth-order valence-electron chi connectivity index (χ4n) is 4.01. The second kappa shape index (κ2) is 22.3. The topological polar surface area (TPSA) is 47.6 Å². The van der Waals surface area contributed by atoms with Crippen molar-refractivity contribution in [1.82, 2.24) is 5.32 Å². The van der Waals surface area contributed by atoms with Gasteiger partial charge in [0.15, 0.2) is 0 Å². The Morgan fingerprint density at radius 2 is 1.27 bits per heavy atom. The van der Waals surface area contributed by atoms with Gasteiger partial charge >= 0.3 is 5.97 Å². The van der Waals surface area contributed by atoms with Crippen LogP contribution < -0.4 is 10.1 Å². The monoisotopic (exact) mass is 461 g/mol. The van der Waals surface area contributed by atoms with Crippen molar-refractivity contribution in [3.63, 3.8) is 0 Å². The zero-order valence-corrected chi connectivity index (χ0v) is 21.7. The molecule has 4 nitrogen and oxygen atoms in total. The lowest BCUT2D eigenvalue weighted by Crippen LogP contribution is -2.16. The maximum atomic E-state index is 11.3. The van der Waals surface area contributed by atoms with Gasteiger partial charge in [0.25, 0.3) is 0 Å². The summed E-state index contributed by atoms with van der Waals surface area (Å²) >= 11 is 0. The third-order valence-corrected chi connectivity index (χ3v) is 6.06. The number of hydrogen-bond acceptors (Lipinski definition) is 4. The van der Waals surface area contributed by atoms with Crippen LogP contribution in [-0.2, 0) is 16.1 Å². The van der Waals surface area contributed by atoms with Crippen molar-refractivity contribution < 1.29 is 14.3 Å². The van der Waals surface area contributed by atoms with E-state index in [1.807, 2.05) is 6.92 Å². The molecule has 190 valence electrons. The summed E-state index contributed by atoms with van der Waals surface area (Å²) < 4.78 is 10.8. The lowest BCUT2D eigenvalue weighted by Gasteiger charge is -2.08. The maximum Gasteiger partial charge on any atom is 0.305 e.